The summed E-state index contributed by atoms with van der Waals surface area (Å²) >= 11 is 0. The zero-order valence-corrected chi connectivity index (χ0v) is 14.8. The van der Waals surface area contributed by atoms with Gasteiger partial charge in [0, 0.05) is 32.2 Å². The molecule has 2 atom stereocenters. The Balaban J connectivity index is 1.90. The van der Waals surface area contributed by atoms with Gasteiger partial charge < -0.3 is 5.32 Å². The number of imide groups is 1. The maximum Gasteiger partial charge on any atom is 0.321 e. The molecule has 1 heterocycles. The van der Waals surface area contributed by atoms with Crippen molar-refractivity contribution in [2.45, 2.75) is 32.4 Å². The molecule has 0 unspecified atom stereocenters. The first-order valence-electron chi connectivity index (χ1n) is 8.59. The number of hydrogen-bond acceptors (Lipinski definition) is 4. The number of carbonyl (C=O) groups excluding carboxylic acids is 2. The second-order valence-corrected chi connectivity index (χ2v) is 6.21. The summed E-state index contributed by atoms with van der Waals surface area (Å²) < 4.78 is 0. The molecular weight excluding hydrogens is 304 g/mol. The lowest BCUT2D eigenvalue weighted by atomic mass is 10.1. The van der Waals surface area contributed by atoms with Crippen LogP contribution in [0.1, 0.15) is 31.9 Å². The molecule has 2 rings (SSSR count). The Kier molecular flexibility index (Phi) is 6.75. The molecule has 1 aliphatic heterocycles. The number of nitrogens with one attached hydrogen (secondary N) is 2. The number of likely N-dealkylation sites (N-methyl/N-ethyl adjacent to an activating group) is 1. The molecule has 3 amide bonds. The molecule has 1 aromatic carbocycles. The van der Waals surface area contributed by atoms with Crippen LogP contribution < -0.4 is 10.6 Å². The lowest BCUT2D eigenvalue weighted by Crippen LogP contribution is -2.47. The Labute approximate surface area is 144 Å². The molecule has 2 N–H and O–H groups in total. The summed E-state index contributed by atoms with van der Waals surface area (Å²) in [5.74, 6) is -0.259. The Bertz CT molecular complexity index is 549. The SMILES string of the molecule is CCN(CC(=O)NC(=O)NC)[C@H]1CCN([C@@H](C)c2ccccc2)C1. The number of hydrogen-bond donors (Lipinski definition) is 2. The number of benzene rings is 1. The van der Waals surface area contributed by atoms with Crippen molar-refractivity contribution in [3.8, 4) is 0 Å². The van der Waals surface area contributed by atoms with E-state index in [1.165, 1.54) is 12.6 Å². The molecule has 6 heteroatoms. The maximum absolute atomic E-state index is 11.9. The quantitative estimate of drug-likeness (QED) is 0.830. The highest BCUT2D eigenvalue weighted by molar-refractivity contribution is 5.95. The predicted octanol–water partition coefficient (Wildman–Crippen LogP) is 1.60. The number of nitrogens with zero attached hydrogens (tertiary/aromatic N) is 2. The smallest absolute Gasteiger partial charge is 0.321 e. The van der Waals surface area contributed by atoms with Crippen molar-refractivity contribution in [1.82, 2.24) is 20.4 Å². The molecule has 1 aliphatic rings. The van der Waals surface area contributed by atoms with Crippen molar-refractivity contribution in [3.63, 3.8) is 0 Å². The first-order valence-corrected chi connectivity index (χ1v) is 8.59. The fraction of sp³-hybridized carbons (Fsp3) is 0.556. The summed E-state index contributed by atoms with van der Waals surface area (Å²) in [5.41, 5.74) is 1.32. The van der Waals surface area contributed by atoms with Crippen LogP contribution in [0.5, 0.6) is 0 Å². The van der Waals surface area contributed by atoms with Gasteiger partial charge in [0.15, 0.2) is 0 Å². The Morgan fingerprint density at radius 1 is 1.33 bits per heavy atom. The fourth-order valence-corrected chi connectivity index (χ4v) is 3.27. The molecule has 0 aromatic heterocycles. The van der Waals surface area contributed by atoms with Crippen molar-refractivity contribution in [1.29, 1.82) is 0 Å². The van der Waals surface area contributed by atoms with Crippen molar-refractivity contribution in [2.24, 2.45) is 0 Å². The lowest BCUT2D eigenvalue weighted by molar-refractivity contribution is -0.121. The minimum atomic E-state index is -0.457. The third-order valence-corrected chi connectivity index (χ3v) is 4.77. The minimum Gasteiger partial charge on any atom is -0.341 e. The molecule has 1 aromatic rings. The van der Waals surface area contributed by atoms with Crippen LogP contribution in [0.2, 0.25) is 0 Å². The van der Waals surface area contributed by atoms with E-state index in [2.05, 4.69) is 58.5 Å². The predicted molar refractivity (Wildman–Crippen MR) is 94.7 cm³/mol. The Hall–Kier alpha value is -1.92. The first kappa shape index (κ1) is 18.4. The third-order valence-electron chi connectivity index (χ3n) is 4.77. The van der Waals surface area contributed by atoms with E-state index in [0.29, 0.717) is 12.1 Å². The molecule has 132 valence electrons. The molecule has 6 nitrogen and oxygen atoms in total. The van der Waals surface area contributed by atoms with Gasteiger partial charge in [-0.3, -0.25) is 19.9 Å². The standard InChI is InChI=1S/C18H28N4O2/c1-4-21(13-17(23)20-18(24)19-3)16-10-11-22(12-16)14(2)15-8-6-5-7-9-15/h5-9,14,16H,4,10-13H2,1-3H3,(H2,19,20,23,24)/t14-,16-/m0/s1. The van der Waals surface area contributed by atoms with Crippen LogP contribution in [0.4, 0.5) is 4.79 Å². The van der Waals surface area contributed by atoms with Gasteiger partial charge >= 0.3 is 6.03 Å². The molecule has 0 radical (unpaired) electrons. The number of carbonyl (C=O) groups is 2. The topological polar surface area (TPSA) is 64.7 Å². The van der Waals surface area contributed by atoms with Crippen molar-refractivity contribution in [3.05, 3.63) is 35.9 Å². The summed E-state index contributed by atoms with van der Waals surface area (Å²) in [6.07, 6.45) is 1.04. The van der Waals surface area contributed by atoms with Crippen molar-refractivity contribution < 1.29 is 9.59 Å². The van der Waals surface area contributed by atoms with Gasteiger partial charge in [-0.05, 0) is 25.5 Å². The third kappa shape index (κ3) is 4.79. The minimum absolute atomic E-state index is 0.252. The largest absolute Gasteiger partial charge is 0.341 e. The van der Waals surface area contributed by atoms with E-state index in [0.717, 1.165) is 26.1 Å². The summed E-state index contributed by atoms with van der Waals surface area (Å²) in [5, 5.41) is 4.73. The van der Waals surface area contributed by atoms with Crippen molar-refractivity contribution >= 4 is 11.9 Å². The van der Waals surface area contributed by atoms with E-state index in [4.69, 9.17) is 0 Å². The van der Waals surface area contributed by atoms with Gasteiger partial charge in [-0.2, -0.15) is 0 Å². The van der Waals surface area contributed by atoms with Crippen LogP contribution in [0.3, 0.4) is 0 Å². The zero-order valence-electron chi connectivity index (χ0n) is 14.8. The second-order valence-electron chi connectivity index (χ2n) is 6.21. The van der Waals surface area contributed by atoms with Gasteiger partial charge in [0.2, 0.25) is 5.91 Å². The molecule has 24 heavy (non-hydrogen) atoms. The van der Waals surface area contributed by atoms with Crippen LogP contribution in [0.25, 0.3) is 0 Å². The molecule has 1 fully saturated rings. The highest BCUT2D eigenvalue weighted by atomic mass is 16.2. The molecular formula is C18H28N4O2. The van der Waals surface area contributed by atoms with Crippen LogP contribution in [-0.2, 0) is 4.79 Å². The number of rotatable bonds is 6. The molecule has 0 bridgehead atoms. The lowest BCUT2D eigenvalue weighted by Gasteiger charge is -2.29. The highest BCUT2D eigenvalue weighted by Gasteiger charge is 2.30. The Morgan fingerprint density at radius 2 is 2.04 bits per heavy atom. The van der Waals surface area contributed by atoms with Gasteiger partial charge in [-0.15, -0.1) is 0 Å². The highest BCUT2D eigenvalue weighted by Crippen LogP contribution is 2.26. The van der Waals surface area contributed by atoms with E-state index in [1.807, 2.05) is 6.07 Å². The van der Waals surface area contributed by atoms with Crippen LogP contribution in [-0.4, -0.2) is 61.0 Å². The number of likely N-dealkylation sites (tertiary alicyclic amines) is 1. The average molecular weight is 332 g/mol. The van der Waals surface area contributed by atoms with E-state index < -0.39 is 6.03 Å². The van der Waals surface area contributed by atoms with Crippen LogP contribution in [0.15, 0.2) is 30.3 Å². The van der Waals surface area contributed by atoms with Crippen LogP contribution in [0, 0.1) is 0 Å². The summed E-state index contributed by atoms with van der Waals surface area (Å²) in [6.45, 7) is 7.29. The molecule has 0 aliphatic carbocycles. The average Bonchev–Trinajstić information content (AvgIpc) is 3.09. The van der Waals surface area contributed by atoms with Gasteiger partial charge in [-0.25, -0.2) is 4.79 Å². The Morgan fingerprint density at radius 3 is 2.67 bits per heavy atom. The first-order chi connectivity index (χ1) is 11.5. The zero-order chi connectivity index (χ0) is 17.5. The number of amides is 3. The van der Waals surface area contributed by atoms with Crippen LogP contribution >= 0.6 is 0 Å². The van der Waals surface area contributed by atoms with E-state index in [9.17, 15) is 9.59 Å². The normalized spacial score (nSPS) is 19.2. The molecule has 0 spiro atoms. The fourth-order valence-electron chi connectivity index (χ4n) is 3.27. The van der Waals surface area contributed by atoms with Gasteiger partial charge in [-0.1, -0.05) is 37.3 Å². The monoisotopic (exact) mass is 332 g/mol. The van der Waals surface area contributed by atoms with Gasteiger partial charge in [0.1, 0.15) is 0 Å². The summed E-state index contributed by atoms with van der Waals surface area (Å²) in [4.78, 5) is 27.8. The molecule has 1 saturated heterocycles. The van der Waals surface area contributed by atoms with Gasteiger partial charge in [0.25, 0.3) is 0 Å². The number of urea groups is 1. The van der Waals surface area contributed by atoms with E-state index in [1.54, 1.807) is 0 Å². The second kappa shape index (κ2) is 8.80. The van der Waals surface area contributed by atoms with E-state index >= 15 is 0 Å². The van der Waals surface area contributed by atoms with Gasteiger partial charge in [0.05, 0.1) is 6.54 Å². The summed E-state index contributed by atoms with van der Waals surface area (Å²) in [7, 11) is 1.50. The van der Waals surface area contributed by atoms with E-state index in [-0.39, 0.29) is 12.5 Å². The van der Waals surface area contributed by atoms with Crippen molar-refractivity contribution in [2.75, 3.05) is 33.2 Å². The molecule has 0 saturated carbocycles. The maximum atomic E-state index is 11.9. The summed E-state index contributed by atoms with van der Waals surface area (Å²) in [6, 6.07) is 10.8.